The monoisotopic (exact) mass is 485 g/mol. The molecule has 1 aliphatic heterocycles. The molecule has 1 saturated heterocycles. The molecule has 10 heteroatoms. The van der Waals surface area contributed by atoms with E-state index in [1.165, 1.54) is 6.07 Å². The highest BCUT2D eigenvalue weighted by Crippen LogP contribution is 2.54. The Labute approximate surface area is 203 Å². The Kier molecular flexibility index (Phi) is 6.84. The number of nitrogens with zero attached hydrogens (tertiary/aromatic N) is 4. The molecular formula is C25H32FN5O4. The molecule has 188 valence electrons. The van der Waals surface area contributed by atoms with Gasteiger partial charge in [-0.25, -0.2) is 18.7 Å². The van der Waals surface area contributed by atoms with Crippen molar-refractivity contribution >= 4 is 17.6 Å². The Morgan fingerprint density at radius 1 is 1.31 bits per heavy atom. The van der Waals surface area contributed by atoms with Gasteiger partial charge in [0.15, 0.2) is 5.65 Å². The van der Waals surface area contributed by atoms with Crippen LogP contribution in [0.15, 0.2) is 36.7 Å². The van der Waals surface area contributed by atoms with Crippen molar-refractivity contribution in [2.24, 2.45) is 5.41 Å². The zero-order valence-electron chi connectivity index (χ0n) is 20.3. The molecule has 9 nitrogen and oxygen atoms in total. The number of aliphatic hydroxyl groups is 1. The lowest BCUT2D eigenvalue weighted by Gasteiger charge is -2.49. The van der Waals surface area contributed by atoms with Crippen LogP contribution in [0.25, 0.3) is 5.65 Å². The molecule has 0 bridgehead atoms. The summed E-state index contributed by atoms with van der Waals surface area (Å²) in [6.45, 7) is 7.52. The van der Waals surface area contributed by atoms with E-state index in [1.807, 2.05) is 12.3 Å². The zero-order valence-corrected chi connectivity index (χ0v) is 20.3. The first-order valence-corrected chi connectivity index (χ1v) is 11.8. The maximum absolute atomic E-state index is 14.7. The quantitative estimate of drug-likeness (QED) is 0.414. The molecule has 3 N–H and O–H groups in total. The lowest BCUT2D eigenvalue weighted by Crippen LogP contribution is -2.51. The molecule has 4 rings (SSSR count). The number of nitrogens with one attached hydrogen (secondary N) is 1. The maximum Gasteiger partial charge on any atom is 0.404 e. The number of carbonyl (C=O) groups is 1. The van der Waals surface area contributed by atoms with E-state index in [-0.39, 0.29) is 24.4 Å². The van der Waals surface area contributed by atoms with Crippen LogP contribution in [-0.4, -0.2) is 50.6 Å². The lowest BCUT2D eigenvalue weighted by molar-refractivity contribution is 0.179. The summed E-state index contributed by atoms with van der Waals surface area (Å²) in [5.74, 6) is 0.947. The Bertz CT molecular complexity index is 1210. The SMILES string of the molecule is CC(C)(C)[C@@]1(c2cc(F)ccc2OCCCNC(=O)O)CCCN1c1ccn2ncc(CO)c2n1. The number of hydrogen-bond donors (Lipinski definition) is 3. The number of ether oxygens (including phenoxy) is 1. The molecule has 0 unspecified atom stereocenters. The van der Waals surface area contributed by atoms with Crippen LogP contribution in [0, 0.1) is 11.2 Å². The Morgan fingerprint density at radius 3 is 2.83 bits per heavy atom. The van der Waals surface area contributed by atoms with Crippen molar-refractivity contribution in [3.63, 3.8) is 0 Å². The summed E-state index contributed by atoms with van der Waals surface area (Å²) < 4.78 is 22.4. The summed E-state index contributed by atoms with van der Waals surface area (Å²) in [6, 6.07) is 6.47. The van der Waals surface area contributed by atoms with Gasteiger partial charge in [-0.1, -0.05) is 20.8 Å². The van der Waals surface area contributed by atoms with Gasteiger partial charge in [0.05, 0.1) is 24.9 Å². The topological polar surface area (TPSA) is 112 Å². The van der Waals surface area contributed by atoms with Gasteiger partial charge in [-0.15, -0.1) is 0 Å². The molecule has 0 spiro atoms. The van der Waals surface area contributed by atoms with Crippen LogP contribution in [0.1, 0.15) is 51.2 Å². The third-order valence-electron chi connectivity index (χ3n) is 6.74. The molecule has 1 amide bonds. The summed E-state index contributed by atoms with van der Waals surface area (Å²) >= 11 is 0. The van der Waals surface area contributed by atoms with E-state index in [9.17, 15) is 14.3 Å². The molecule has 0 saturated carbocycles. The second kappa shape index (κ2) is 9.69. The fourth-order valence-electron chi connectivity index (χ4n) is 5.16. The second-order valence-electron chi connectivity index (χ2n) is 9.82. The highest BCUT2D eigenvalue weighted by molar-refractivity contribution is 5.64. The number of aromatic nitrogens is 3. The predicted molar refractivity (Wildman–Crippen MR) is 129 cm³/mol. The summed E-state index contributed by atoms with van der Waals surface area (Å²) in [7, 11) is 0. The number of rotatable bonds is 8. The largest absolute Gasteiger partial charge is 0.493 e. The maximum atomic E-state index is 14.7. The van der Waals surface area contributed by atoms with Crippen LogP contribution in [0.2, 0.25) is 0 Å². The Morgan fingerprint density at radius 2 is 2.11 bits per heavy atom. The van der Waals surface area contributed by atoms with E-state index in [0.29, 0.717) is 30.0 Å². The van der Waals surface area contributed by atoms with E-state index in [0.717, 1.165) is 30.8 Å². The van der Waals surface area contributed by atoms with Gasteiger partial charge in [-0.05, 0) is 48.9 Å². The minimum absolute atomic E-state index is 0.164. The number of fused-ring (bicyclic) bond motifs is 1. The van der Waals surface area contributed by atoms with Gasteiger partial charge >= 0.3 is 6.09 Å². The van der Waals surface area contributed by atoms with Gasteiger partial charge in [0.1, 0.15) is 17.4 Å². The molecular weight excluding hydrogens is 453 g/mol. The van der Waals surface area contributed by atoms with Crippen molar-refractivity contribution in [2.45, 2.75) is 52.2 Å². The summed E-state index contributed by atoms with van der Waals surface area (Å²) in [5.41, 5.74) is 1.02. The van der Waals surface area contributed by atoms with Gasteiger partial charge in [0, 0.05) is 30.4 Å². The zero-order chi connectivity index (χ0) is 25.2. The van der Waals surface area contributed by atoms with Crippen LogP contribution < -0.4 is 15.0 Å². The van der Waals surface area contributed by atoms with E-state index in [2.05, 4.69) is 36.1 Å². The van der Waals surface area contributed by atoms with E-state index in [4.69, 9.17) is 14.8 Å². The minimum Gasteiger partial charge on any atom is -0.493 e. The van der Waals surface area contributed by atoms with Crippen LogP contribution in [-0.2, 0) is 12.1 Å². The summed E-state index contributed by atoms with van der Waals surface area (Å²) in [6.07, 6.45) is 4.49. The third-order valence-corrected chi connectivity index (χ3v) is 6.74. The van der Waals surface area contributed by atoms with Gasteiger partial charge in [0.25, 0.3) is 0 Å². The summed E-state index contributed by atoms with van der Waals surface area (Å²) in [4.78, 5) is 17.8. The van der Waals surface area contributed by atoms with Crippen LogP contribution in [0.5, 0.6) is 5.75 Å². The van der Waals surface area contributed by atoms with Gasteiger partial charge in [-0.2, -0.15) is 5.10 Å². The first kappa shape index (κ1) is 24.7. The lowest BCUT2D eigenvalue weighted by atomic mass is 9.67. The first-order valence-electron chi connectivity index (χ1n) is 11.8. The fraction of sp³-hybridized carbons (Fsp3) is 0.480. The van der Waals surface area contributed by atoms with E-state index >= 15 is 0 Å². The smallest absolute Gasteiger partial charge is 0.404 e. The molecule has 0 aliphatic carbocycles. The molecule has 3 heterocycles. The van der Waals surface area contributed by atoms with Crippen molar-refractivity contribution in [3.05, 3.63) is 53.6 Å². The molecule has 2 aromatic heterocycles. The third kappa shape index (κ3) is 4.62. The first-order chi connectivity index (χ1) is 16.7. The van der Waals surface area contributed by atoms with Crippen LogP contribution in [0.4, 0.5) is 15.0 Å². The second-order valence-corrected chi connectivity index (χ2v) is 9.82. The Hall–Kier alpha value is -3.40. The number of halogens is 1. The average molecular weight is 486 g/mol. The molecule has 35 heavy (non-hydrogen) atoms. The number of carboxylic acid groups (broad SMARTS) is 1. The molecule has 1 aliphatic rings. The highest BCUT2D eigenvalue weighted by atomic mass is 19.1. The van der Waals surface area contributed by atoms with Gasteiger partial charge < -0.3 is 25.2 Å². The average Bonchev–Trinajstić information content (AvgIpc) is 3.43. The Balaban J connectivity index is 1.76. The van der Waals surface area contributed by atoms with Crippen molar-refractivity contribution in [2.75, 3.05) is 24.6 Å². The number of anilines is 1. The number of hydrogen-bond acceptors (Lipinski definition) is 6. The molecule has 1 fully saturated rings. The highest BCUT2D eigenvalue weighted by Gasteiger charge is 2.53. The number of aliphatic hydroxyl groups excluding tert-OH is 1. The van der Waals surface area contributed by atoms with Crippen molar-refractivity contribution in [1.82, 2.24) is 19.9 Å². The van der Waals surface area contributed by atoms with Gasteiger partial charge in [-0.3, -0.25) is 0 Å². The normalized spacial score (nSPS) is 18.3. The van der Waals surface area contributed by atoms with Crippen molar-refractivity contribution in [3.8, 4) is 5.75 Å². The van der Waals surface area contributed by atoms with Crippen molar-refractivity contribution < 1.29 is 24.1 Å². The molecule has 1 atom stereocenters. The standard InChI is InChI=1S/C25H32FN5O4/c1-24(2,3)25(19-14-18(26)6-7-20(19)35-13-5-10-27-23(33)34)9-4-11-30(25)21-8-12-31-22(29-21)17(16-32)15-28-31/h6-8,12,14-15,27,32H,4-5,9-11,13,16H2,1-3H3,(H,33,34)/t25-/m0/s1. The fourth-order valence-corrected chi connectivity index (χ4v) is 5.16. The van der Waals surface area contributed by atoms with Crippen LogP contribution >= 0.6 is 0 Å². The van der Waals surface area contributed by atoms with Gasteiger partial charge in [0.2, 0.25) is 0 Å². The number of amides is 1. The predicted octanol–water partition coefficient (Wildman–Crippen LogP) is 3.94. The van der Waals surface area contributed by atoms with Crippen LogP contribution in [0.3, 0.4) is 0 Å². The molecule has 1 aromatic carbocycles. The van der Waals surface area contributed by atoms with Crippen molar-refractivity contribution in [1.29, 1.82) is 0 Å². The molecule has 3 aromatic rings. The molecule has 0 radical (unpaired) electrons. The minimum atomic E-state index is -1.08. The van der Waals surface area contributed by atoms with E-state index in [1.54, 1.807) is 22.8 Å². The van der Waals surface area contributed by atoms with E-state index < -0.39 is 11.6 Å². The summed E-state index contributed by atoms with van der Waals surface area (Å²) in [5, 5.41) is 25.1. The number of benzene rings is 1.